The van der Waals surface area contributed by atoms with E-state index in [0.29, 0.717) is 37.5 Å². The van der Waals surface area contributed by atoms with Gasteiger partial charge in [-0.1, -0.05) is 0 Å². The van der Waals surface area contributed by atoms with Gasteiger partial charge in [0.05, 0.1) is 11.6 Å². The molecule has 7 heteroatoms. The van der Waals surface area contributed by atoms with Gasteiger partial charge in [-0.2, -0.15) is 5.26 Å². The first-order chi connectivity index (χ1) is 14.1. The fourth-order valence-electron chi connectivity index (χ4n) is 4.11. The topological polar surface area (TPSA) is 82.4 Å². The molecule has 1 amide bonds. The SMILES string of the molecule is Cc1ccnc(N2CCN(C(=O)C3(Oc4ccc(C#N)cc4)CCCC3)CC2)n1. The van der Waals surface area contributed by atoms with Crippen LogP contribution in [0, 0.1) is 18.3 Å². The van der Waals surface area contributed by atoms with Crippen molar-refractivity contribution in [3.63, 3.8) is 0 Å². The van der Waals surface area contributed by atoms with Gasteiger partial charge in [0.25, 0.3) is 5.91 Å². The fourth-order valence-corrected chi connectivity index (χ4v) is 4.11. The molecule has 0 spiro atoms. The molecule has 2 heterocycles. The Morgan fingerprint density at radius 3 is 2.41 bits per heavy atom. The molecule has 0 radical (unpaired) electrons. The number of rotatable bonds is 4. The first kappa shape index (κ1) is 19.2. The number of aromatic nitrogens is 2. The summed E-state index contributed by atoms with van der Waals surface area (Å²) in [5, 5.41) is 8.98. The smallest absolute Gasteiger partial charge is 0.266 e. The number of nitrogens with zero attached hydrogens (tertiary/aromatic N) is 5. The standard InChI is InChI=1S/C22H25N5O2/c1-17-8-11-24-21(25-17)27-14-12-26(13-15-27)20(28)22(9-2-3-10-22)29-19-6-4-18(16-23)5-7-19/h4-8,11H,2-3,9-10,12-15H2,1H3. The lowest BCUT2D eigenvalue weighted by molar-refractivity contribution is -0.148. The minimum atomic E-state index is -0.795. The van der Waals surface area contributed by atoms with Crippen LogP contribution in [0.15, 0.2) is 36.5 Å². The van der Waals surface area contributed by atoms with Crippen molar-refractivity contribution in [2.24, 2.45) is 0 Å². The number of piperazine rings is 1. The van der Waals surface area contributed by atoms with E-state index < -0.39 is 5.60 Å². The van der Waals surface area contributed by atoms with Crippen molar-refractivity contribution in [2.75, 3.05) is 31.1 Å². The van der Waals surface area contributed by atoms with Crippen molar-refractivity contribution in [1.29, 1.82) is 5.26 Å². The number of amides is 1. The second-order valence-corrected chi connectivity index (χ2v) is 7.72. The van der Waals surface area contributed by atoms with Gasteiger partial charge in [-0.15, -0.1) is 0 Å². The molecule has 0 unspecified atom stereocenters. The zero-order valence-corrected chi connectivity index (χ0v) is 16.7. The van der Waals surface area contributed by atoms with Crippen LogP contribution in [0.4, 0.5) is 5.95 Å². The van der Waals surface area contributed by atoms with Crippen LogP contribution in [0.5, 0.6) is 5.75 Å². The minimum absolute atomic E-state index is 0.0733. The second-order valence-electron chi connectivity index (χ2n) is 7.72. The average molecular weight is 391 g/mol. The Morgan fingerprint density at radius 1 is 1.10 bits per heavy atom. The lowest BCUT2D eigenvalue weighted by atomic mass is 9.99. The molecule has 0 atom stereocenters. The van der Waals surface area contributed by atoms with Gasteiger partial charge in [-0.05, 0) is 62.9 Å². The summed E-state index contributed by atoms with van der Waals surface area (Å²) in [6.07, 6.45) is 5.20. The number of nitriles is 1. The molecular weight excluding hydrogens is 366 g/mol. The third-order valence-electron chi connectivity index (χ3n) is 5.73. The largest absolute Gasteiger partial charge is 0.477 e. The number of aryl methyl sites for hydroxylation is 1. The maximum absolute atomic E-state index is 13.4. The van der Waals surface area contributed by atoms with Crippen molar-refractivity contribution in [1.82, 2.24) is 14.9 Å². The minimum Gasteiger partial charge on any atom is -0.477 e. The van der Waals surface area contributed by atoms with Crippen molar-refractivity contribution in [3.8, 4) is 11.8 Å². The Balaban J connectivity index is 1.44. The van der Waals surface area contributed by atoms with E-state index in [2.05, 4.69) is 20.9 Å². The molecule has 2 aromatic rings. The predicted octanol–water partition coefficient (Wildman–Crippen LogP) is 2.70. The molecule has 1 saturated carbocycles. The summed E-state index contributed by atoms with van der Waals surface area (Å²) in [6.45, 7) is 4.64. The van der Waals surface area contributed by atoms with Crippen LogP contribution < -0.4 is 9.64 Å². The van der Waals surface area contributed by atoms with Gasteiger partial charge in [0, 0.05) is 38.1 Å². The molecule has 1 aliphatic heterocycles. The number of benzene rings is 1. The van der Waals surface area contributed by atoms with Gasteiger partial charge in [-0.3, -0.25) is 4.79 Å². The van der Waals surface area contributed by atoms with Gasteiger partial charge < -0.3 is 14.5 Å². The Hall–Kier alpha value is -3.14. The molecular formula is C22H25N5O2. The molecule has 1 saturated heterocycles. The van der Waals surface area contributed by atoms with Crippen LogP contribution in [-0.4, -0.2) is 52.6 Å². The lowest BCUT2D eigenvalue weighted by Gasteiger charge is -2.39. The lowest BCUT2D eigenvalue weighted by Crippen LogP contribution is -2.57. The highest BCUT2D eigenvalue weighted by Gasteiger charge is 2.46. The summed E-state index contributed by atoms with van der Waals surface area (Å²) in [5.74, 6) is 1.44. The van der Waals surface area contributed by atoms with E-state index in [1.165, 1.54) is 0 Å². The van der Waals surface area contributed by atoms with E-state index in [1.54, 1.807) is 30.5 Å². The maximum atomic E-state index is 13.4. The highest BCUT2D eigenvalue weighted by atomic mass is 16.5. The van der Waals surface area contributed by atoms with Gasteiger partial charge >= 0.3 is 0 Å². The monoisotopic (exact) mass is 391 g/mol. The number of ether oxygens (including phenoxy) is 1. The van der Waals surface area contributed by atoms with E-state index in [9.17, 15) is 4.79 Å². The number of anilines is 1. The third-order valence-corrected chi connectivity index (χ3v) is 5.73. The van der Waals surface area contributed by atoms with Gasteiger partial charge in [0.2, 0.25) is 5.95 Å². The van der Waals surface area contributed by atoms with E-state index >= 15 is 0 Å². The molecule has 4 rings (SSSR count). The summed E-state index contributed by atoms with van der Waals surface area (Å²) < 4.78 is 6.27. The molecule has 1 aliphatic carbocycles. The van der Waals surface area contributed by atoms with Gasteiger partial charge in [0.1, 0.15) is 5.75 Å². The Bertz CT molecular complexity index is 908. The zero-order chi connectivity index (χ0) is 20.3. The summed E-state index contributed by atoms with van der Waals surface area (Å²) in [6, 6.07) is 11.0. The van der Waals surface area contributed by atoms with Crippen LogP contribution in [-0.2, 0) is 4.79 Å². The van der Waals surface area contributed by atoms with Crippen molar-refractivity contribution in [2.45, 2.75) is 38.2 Å². The predicted molar refractivity (Wildman–Crippen MR) is 109 cm³/mol. The maximum Gasteiger partial charge on any atom is 0.266 e. The first-order valence-electron chi connectivity index (χ1n) is 10.1. The molecule has 1 aromatic carbocycles. The van der Waals surface area contributed by atoms with Crippen LogP contribution >= 0.6 is 0 Å². The Kier molecular flexibility index (Phi) is 5.34. The highest BCUT2D eigenvalue weighted by Crippen LogP contribution is 2.36. The van der Waals surface area contributed by atoms with Crippen LogP contribution in [0.3, 0.4) is 0 Å². The molecule has 2 fully saturated rings. The van der Waals surface area contributed by atoms with E-state index in [0.717, 1.165) is 37.3 Å². The van der Waals surface area contributed by atoms with E-state index in [1.807, 2.05) is 17.9 Å². The number of hydrogen-bond donors (Lipinski definition) is 0. The third kappa shape index (κ3) is 4.02. The van der Waals surface area contributed by atoms with Crippen LogP contribution in [0.2, 0.25) is 0 Å². The Labute approximate surface area is 170 Å². The summed E-state index contributed by atoms with van der Waals surface area (Å²) in [5.41, 5.74) is 0.726. The van der Waals surface area contributed by atoms with Gasteiger partial charge in [-0.25, -0.2) is 9.97 Å². The number of hydrogen-bond acceptors (Lipinski definition) is 6. The summed E-state index contributed by atoms with van der Waals surface area (Å²) >= 11 is 0. The number of carbonyl (C=O) groups is 1. The Morgan fingerprint density at radius 2 is 1.79 bits per heavy atom. The van der Waals surface area contributed by atoms with Crippen molar-refractivity contribution in [3.05, 3.63) is 47.8 Å². The van der Waals surface area contributed by atoms with E-state index in [4.69, 9.17) is 10.00 Å². The molecule has 29 heavy (non-hydrogen) atoms. The fraction of sp³-hybridized carbons (Fsp3) is 0.455. The molecule has 0 bridgehead atoms. The molecule has 2 aliphatic rings. The molecule has 1 aromatic heterocycles. The van der Waals surface area contributed by atoms with Gasteiger partial charge in [0.15, 0.2) is 5.60 Å². The van der Waals surface area contributed by atoms with Crippen LogP contribution in [0.25, 0.3) is 0 Å². The van der Waals surface area contributed by atoms with Crippen molar-refractivity contribution < 1.29 is 9.53 Å². The highest BCUT2D eigenvalue weighted by molar-refractivity contribution is 5.86. The summed E-state index contributed by atoms with van der Waals surface area (Å²) in [7, 11) is 0. The number of carbonyl (C=O) groups excluding carboxylic acids is 1. The average Bonchev–Trinajstić information content (AvgIpc) is 3.23. The molecule has 0 N–H and O–H groups in total. The normalized spacial score (nSPS) is 18.3. The zero-order valence-electron chi connectivity index (χ0n) is 16.7. The quantitative estimate of drug-likeness (QED) is 0.797. The van der Waals surface area contributed by atoms with E-state index in [-0.39, 0.29) is 5.91 Å². The molecule has 150 valence electrons. The summed E-state index contributed by atoms with van der Waals surface area (Å²) in [4.78, 5) is 26.3. The van der Waals surface area contributed by atoms with Crippen LogP contribution in [0.1, 0.15) is 36.9 Å². The van der Waals surface area contributed by atoms with Crippen molar-refractivity contribution >= 4 is 11.9 Å². The first-order valence-corrected chi connectivity index (χ1v) is 10.1. The second kappa shape index (κ2) is 8.08. The molecule has 7 nitrogen and oxygen atoms in total.